The Balaban J connectivity index is 2.50. The van der Waals surface area contributed by atoms with Gasteiger partial charge in [-0.2, -0.15) is 0 Å². The second-order valence-electron chi connectivity index (χ2n) is 2.74. The number of nitrogens with two attached hydrogens (primary N) is 1. The summed E-state index contributed by atoms with van der Waals surface area (Å²) in [4.78, 5) is 10.8. The minimum atomic E-state index is -0.205. The molecule has 1 aromatic carbocycles. The fraction of sp³-hybridized carbons (Fsp3) is 0.222. The summed E-state index contributed by atoms with van der Waals surface area (Å²) in [7, 11) is 0. The highest BCUT2D eigenvalue weighted by Gasteiger charge is 1.99. The average molecular weight is 180 g/mol. The van der Waals surface area contributed by atoms with Gasteiger partial charge < -0.3 is 5.11 Å². The number of aryl methyl sites for hydroxylation is 1. The van der Waals surface area contributed by atoms with Crippen LogP contribution >= 0.6 is 0 Å². The van der Waals surface area contributed by atoms with Gasteiger partial charge in [0.1, 0.15) is 5.75 Å². The fourth-order valence-corrected chi connectivity index (χ4v) is 1.04. The van der Waals surface area contributed by atoms with E-state index in [-0.39, 0.29) is 11.7 Å². The van der Waals surface area contributed by atoms with E-state index in [1.807, 2.05) is 11.5 Å². The van der Waals surface area contributed by atoms with Crippen molar-refractivity contribution in [1.29, 1.82) is 0 Å². The van der Waals surface area contributed by atoms with Crippen LogP contribution in [0.25, 0.3) is 0 Å². The van der Waals surface area contributed by atoms with E-state index in [0.29, 0.717) is 12.8 Å². The molecule has 0 spiro atoms. The van der Waals surface area contributed by atoms with Crippen molar-refractivity contribution in [3.63, 3.8) is 0 Å². The minimum Gasteiger partial charge on any atom is -0.508 e. The first kappa shape index (κ1) is 9.54. The Labute approximate surface area is 76.3 Å². The number of nitrogens with one attached hydrogen (secondary N) is 1. The van der Waals surface area contributed by atoms with Crippen LogP contribution in [0.1, 0.15) is 12.0 Å². The normalized spacial score (nSPS) is 9.62. The van der Waals surface area contributed by atoms with Gasteiger partial charge in [0.05, 0.1) is 0 Å². The zero-order valence-corrected chi connectivity index (χ0v) is 7.16. The Morgan fingerprint density at radius 2 is 2.31 bits per heavy atom. The molecule has 4 nitrogen and oxygen atoms in total. The average Bonchev–Trinajstić information content (AvgIpc) is 2.14. The third-order valence-corrected chi connectivity index (χ3v) is 1.71. The predicted molar refractivity (Wildman–Crippen MR) is 48.8 cm³/mol. The molecule has 1 amide bonds. The van der Waals surface area contributed by atoms with E-state index < -0.39 is 0 Å². The molecule has 0 aliphatic heterocycles. The summed E-state index contributed by atoms with van der Waals surface area (Å²) in [6.07, 6.45) is 0.914. The summed E-state index contributed by atoms with van der Waals surface area (Å²) in [6, 6.07) is 6.81. The maximum atomic E-state index is 10.8. The highest BCUT2D eigenvalue weighted by Crippen LogP contribution is 2.12. The van der Waals surface area contributed by atoms with Crippen LogP contribution in [0.2, 0.25) is 0 Å². The maximum absolute atomic E-state index is 10.8. The second-order valence-corrected chi connectivity index (χ2v) is 2.74. The van der Waals surface area contributed by atoms with Gasteiger partial charge in [-0.05, 0) is 24.1 Å². The molecule has 0 saturated heterocycles. The van der Waals surface area contributed by atoms with Crippen molar-refractivity contribution in [2.45, 2.75) is 12.8 Å². The van der Waals surface area contributed by atoms with Crippen molar-refractivity contribution in [3.05, 3.63) is 29.8 Å². The zero-order valence-electron chi connectivity index (χ0n) is 7.16. The highest BCUT2D eigenvalue weighted by atomic mass is 16.3. The number of benzene rings is 1. The quantitative estimate of drug-likeness (QED) is 0.356. The molecule has 13 heavy (non-hydrogen) atoms. The van der Waals surface area contributed by atoms with Crippen LogP contribution in [0, 0.1) is 0 Å². The molecule has 1 aromatic rings. The second kappa shape index (κ2) is 4.47. The summed E-state index contributed by atoms with van der Waals surface area (Å²) in [6.45, 7) is 0. The molecule has 0 bridgehead atoms. The Morgan fingerprint density at radius 1 is 1.54 bits per heavy atom. The molecular formula is C9H12N2O2. The lowest BCUT2D eigenvalue weighted by Crippen LogP contribution is -2.30. The zero-order chi connectivity index (χ0) is 9.68. The van der Waals surface area contributed by atoms with E-state index in [1.165, 1.54) is 0 Å². The van der Waals surface area contributed by atoms with E-state index in [2.05, 4.69) is 0 Å². The number of phenols is 1. The number of carbonyl (C=O) groups is 1. The van der Waals surface area contributed by atoms with Gasteiger partial charge >= 0.3 is 0 Å². The van der Waals surface area contributed by atoms with Gasteiger partial charge in [0.15, 0.2) is 0 Å². The Bertz CT molecular complexity index is 299. The molecule has 0 saturated carbocycles. The number of amides is 1. The molecule has 0 heterocycles. The molecule has 0 fully saturated rings. The van der Waals surface area contributed by atoms with E-state index in [0.717, 1.165) is 5.56 Å². The van der Waals surface area contributed by atoms with E-state index >= 15 is 0 Å². The molecular weight excluding hydrogens is 168 g/mol. The van der Waals surface area contributed by atoms with Crippen LogP contribution in [0.15, 0.2) is 24.3 Å². The minimum absolute atomic E-state index is 0.205. The lowest BCUT2D eigenvalue weighted by atomic mass is 10.1. The number of hydrazine groups is 1. The number of phenolic OH excluding ortho intramolecular Hbond substituents is 1. The first-order valence-corrected chi connectivity index (χ1v) is 3.99. The lowest BCUT2D eigenvalue weighted by molar-refractivity contribution is -0.121. The summed E-state index contributed by atoms with van der Waals surface area (Å²) >= 11 is 0. The van der Waals surface area contributed by atoms with E-state index in [9.17, 15) is 4.79 Å². The van der Waals surface area contributed by atoms with Gasteiger partial charge in [0, 0.05) is 6.42 Å². The number of carbonyl (C=O) groups excluding carboxylic acids is 1. The third kappa shape index (κ3) is 3.13. The molecule has 1 rings (SSSR count). The highest BCUT2D eigenvalue weighted by molar-refractivity contribution is 5.75. The number of hydrogen-bond donors (Lipinski definition) is 3. The van der Waals surface area contributed by atoms with Crippen molar-refractivity contribution in [2.75, 3.05) is 0 Å². The smallest absolute Gasteiger partial charge is 0.234 e. The van der Waals surface area contributed by atoms with Gasteiger partial charge in [0.25, 0.3) is 0 Å². The van der Waals surface area contributed by atoms with Crippen LogP contribution in [-0.2, 0) is 11.2 Å². The van der Waals surface area contributed by atoms with Crippen molar-refractivity contribution in [1.82, 2.24) is 5.43 Å². The molecule has 0 aliphatic carbocycles. The Hall–Kier alpha value is -1.55. The van der Waals surface area contributed by atoms with Crippen molar-refractivity contribution in [2.24, 2.45) is 5.84 Å². The molecule has 4 heteroatoms. The van der Waals surface area contributed by atoms with Crippen molar-refractivity contribution in [3.8, 4) is 5.75 Å². The standard InChI is InChI=1S/C9H12N2O2/c10-11-9(13)5-4-7-2-1-3-8(12)6-7/h1-3,6,12H,4-5,10H2,(H,11,13). The van der Waals surface area contributed by atoms with Gasteiger partial charge in [-0.25, -0.2) is 5.84 Å². The first-order chi connectivity index (χ1) is 6.22. The van der Waals surface area contributed by atoms with E-state index in [4.69, 9.17) is 10.9 Å². The monoisotopic (exact) mass is 180 g/mol. The molecule has 0 unspecified atom stereocenters. The van der Waals surface area contributed by atoms with Gasteiger partial charge in [-0.3, -0.25) is 10.2 Å². The summed E-state index contributed by atoms with van der Waals surface area (Å²) in [5.41, 5.74) is 2.97. The molecule has 0 aliphatic rings. The fourth-order valence-electron chi connectivity index (χ4n) is 1.04. The van der Waals surface area contributed by atoms with E-state index in [1.54, 1.807) is 18.2 Å². The summed E-state index contributed by atoms with van der Waals surface area (Å²) < 4.78 is 0. The molecule has 70 valence electrons. The van der Waals surface area contributed by atoms with Gasteiger partial charge in [-0.15, -0.1) is 0 Å². The van der Waals surface area contributed by atoms with Crippen molar-refractivity contribution < 1.29 is 9.90 Å². The van der Waals surface area contributed by atoms with Crippen molar-refractivity contribution >= 4 is 5.91 Å². The van der Waals surface area contributed by atoms with Crippen LogP contribution in [0.3, 0.4) is 0 Å². The molecule has 0 radical (unpaired) electrons. The van der Waals surface area contributed by atoms with Crippen LogP contribution in [0.5, 0.6) is 5.75 Å². The largest absolute Gasteiger partial charge is 0.508 e. The lowest BCUT2D eigenvalue weighted by Gasteiger charge is -2.00. The molecule has 0 aromatic heterocycles. The van der Waals surface area contributed by atoms with Gasteiger partial charge in [0.2, 0.25) is 5.91 Å². The SMILES string of the molecule is NNC(=O)CCc1cccc(O)c1. The predicted octanol–water partition coefficient (Wildman–Crippen LogP) is 0.315. The number of aromatic hydroxyl groups is 1. The molecule has 0 atom stereocenters. The summed E-state index contributed by atoms with van der Waals surface area (Å²) in [5, 5.41) is 9.11. The molecule has 4 N–H and O–H groups in total. The Kier molecular flexibility index (Phi) is 3.28. The summed E-state index contributed by atoms with van der Waals surface area (Å²) in [5.74, 6) is 4.93. The van der Waals surface area contributed by atoms with Crippen LogP contribution in [-0.4, -0.2) is 11.0 Å². The van der Waals surface area contributed by atoms with Gasteiger partial charge in [-0.1, -0.05) is 12.1 Å². The van der Waals surface area contributed by atoms with Crippen LogP contribution < -0.4 is 11.3 Å². The number of hydrogen-bond acceptors (Lipinski definition) is 3. The topological polar surface area (TPSA) is 75.3 Å². The third-order valence-electron chi connectivity index (χ3n) is 1.71. The first-order valence-electron chi connectivity index (χ1n) is 3.99. The Morgan fingerprint density at radius 3 is 2.92 bits per heavy atom. The maximum Gasteiger partial charge on any atom is 0.234 e. The van der Waals surface area contributed by atoms with Crippen LogP contribution in [0.4, 0.5) is 0 Å². The number of rotatable bonds is 3.